The number of methoxy groups -OCH3 is 3. The molecule has 3 rings (SSSR count). The predicted octanol–water partition coefficient (Wildman–Crippen LogP) is 3.62. The maximum absolute atomic E-state index is 12.8. The third-order valence-electron chi connectivity index (χ3n) is 5.05. The number of carbonyl (C=O) groups is 2. The van der Waals surface area contributed by atoms with Gasteiger partial charge >= 0.3 is 0 Å². The molecule has 7 nitrogen and oxygen atoms in total. The number of benzene rings is 1. The second kappa shape index (κ2) is 7.96. The van der Waals surface area contributed by atoms with Crippen molar-refractivity contribution in [2.24, 2.45) is 0 Å². The lowest BCUT2D eigenvalue weighted by molar-refractivity contribution is 0.0906. The normalized spacial score (nSPS) is 14.2. The first-order chi connectivity index (χ1) is 13.4. The van der Waals surface area contributed by atoms with E-state index >= 15 is 0 Å². The number of hydrogen-bond acceptors (Lipinski definition) is 6. The summed E-state index contributed by atoms with van der Waals surface area (Å²) in [5, 5.41) is 2.92. The smallest absolute Gasteiger partial charge is 0.287 e. The summed E-state index contributed by atoms with van der Waals surface area (Å²) in [7, 11) is 4.62. The van der Waals surface area contributed by atoms with Crippen molar-refractivity contribution in [2.75, 3.05) is 21.3 Å². The molecule has 2 aromatic rings. The van der Waals surface area contributed by atoms with Gasteiger partial charge in [0.15, 0.2) is 23.0 Å². The molecule has 150 valence electrons. The zero-order valence-corrected chi connectivity index (χ0v) is 16.8. The number of Topliss-reactive ketones (excluding diaryl/α,β-unsaturated/α-hetero) is 1. The fourth-order valence-electron chi connectivity index (χ4n) is 3.56. The van der Waals surface area contributed by atoms with E-state index in [4.69, 9.17) is 18.6 Å². The Morgan fingerprint density at radius 1 is 1.11 bits per heavy atom. The summed E-state index contributed by atoms with van der Waals surface area (Å²) >= 11 is 0. The van der Waals surface area contributed by atoms with Gasteiger partial charge in [0.05, 0.1) is 32.9 Å². The SMILES string of the molecule is COc1cc([C@@H](C)NC(=O)c2oc3c(c2C)C(=O)CCC3)cc(OC)c1OC. The molecule has 0 spiro atoms. The summed E-state index contributed by atoms with van der Waals surface area (Å²) in [5.41, 5.74) is 1.96. The van der Waals surface area contributed by atoms with Gasteiger partial charge in [0, 0.05) is 18.4 Å². The Bertz CT molecular complexity index is 889. The Morgan fingerprint density at radius 3 is 2.29 bits per heavy atom. The molecule has 1 aromatic carbocycles. The highest BCUT2D eigenvalue weighted by Crippen LogP contribution is 2.39. The van der Waals surface area contributed by atoms with Crippen molar-refractivity contribution in [3.05, 3.63) is 40.3 Å². The third-order valence-corrected chi connectivity index (χ3v) is 5.05. The zero-order valence-electron chi connectivity index (χ0n) is 16.8. The zero-order chi connectivity index (χ0) is 20.4. The summed E-state index contributed by atoms with van der Waals surface area (Å²) in [6, 6.07) is 3.23. The van der Waals surface area contributed by atoms with Crippen LogP contribution in [-0.2, 0) is 6.42 Å². The lowest BCUT2D eigenvalue weighted by Crippen LogP contribution is -2.27. The molecule has 0 aliphatic heterocycles. The van der Waals surface area contributed by atoms with E-state index in [0.717, 1.165) is 12.0 Å². The number of rotatable bonds is 6. The van der Waals surface area contributed by atoms with Gasteiger partial charge in [0.2, 0.25) is 5.75 Å². The molecule has 7 heteroatoms. The first-order valence-corrected chi connectivity index (χ1v) is 9.17. The molecule has 1 aromatic heterocycles. The van der Waals surface area contributed by atoms with Gasteiger partial charge in [-0.15, -0.1) is 0 Å². The van der Waals surface area contributed by atoms with Gasteiger partial charge in [-0.2, -0.15) is 0 Å². The molecule has 0 bridgehead atoms. The van der Waals surface area contributed by atoms with Crippen molar-refractivity contribution in [1.29, 1.82) is 0 Å². The highest BCUT2D eigenvalue weighted by molar-refractivity contribution is 6.03. The molecule has 0 saturated heterocycles. The quantitative estimate of drug-likeness (QED) is 0.815. The Hall–Kier alpha value is -2.96. The Morgan fingerprint density at radius 2 is 1.75 bits per heavy atom. The summed E-state index contributed by atoms with van der Waals surface area (Å²) in [4.78, 5) is 25.0. The molecule has 0 unspecified atom stereocenters. The van der Waals surface area contributed by atoms with E-state index in [1.165, 1.54) is 21.3 Å². The molecular formula is C21H25NO6. The molecule has 0 saturated carbocycles. The number of carbonyl (C=O) groups excluding carboxylic acids is 2. The van der Waals surface area contributed by atoms with Crippen LogP contribution >= 0.6 is 0 Å². The Labute approximate surface area is 164 Å². The Kier molecular flexibility index (Phi) is 5.63. The monoisotopic (exact) mass is 387 g/mol. The van der Waals surface area contributed by atoms with Crippen LogP contribution in [0.4, 0.5) is 0 Å². The van der Waals surface area contributed by atoms with E-state index in [1.54, 1.807) is 19.1 Å². The topological polar surface area (TPSA) is 87.0 Å². The van der Waals surface area contributed by atoms with E-state index in [0.29, 0.717) is 47.0 Å². The van der Waals surface area contributed by atoms with Crippen molar-refractivity contribution in [1.82, 2.24) is 5.32 Å². The van der Waals surface area contributed by atoms with Crippen LogP contribution in [0, 0.1) is 6.92 Å². The van der Waals surface area contributed by atoms with Gasteiger partial charge in [-0.3, -0.25) is 9.59 Å². The van der Waals surface area contributed by atoms with Gasteiger partial charge in [-0.1, -0.05) is 0 Å². The minimum atomic E-state index is -0.360. The lowest BCUT2D eigenvalue weighted by Gasteiger charge is -2.18. The van der Waals surface area contributed by atoms with Crippen LogP contribution in [0.3, 0.4) is 0 Å². The van der Waals surface area contributed by atoms with Crippen molar-refractivity contribution in [3.8, 4) is 17.2 Å². The number of nitrogens with one attached hydrogen (secondary N) is 1. The maximum Gasteiger partial charge on any atom is 0.287 e. The van der Waals surface area contributed by atoms with Gasteiger partial charge in [0.25, 0.3) is 5.91 Å². The van der Waals surface area contributed by atoms with E-state index in [2.05, 4.69) is 5.32 Å². The highest BCUT2D eigenvalue weighted by atomic mass is 16.5. The maximum atomic E-state index is 12.8. The van der Waals surface area contributed by atoms with Gasteiger partial charge in [-0.05, 0) is 38.0 Å². The molecule has 1 atom stereocenters. The number of amides is 1. The molecule has 28 heavy (non-hydrogen) atoms. The highest BCUT2D eigenvalue weighted by Gasteiger charge is 2.29. The van der Waals surface area contributed by atoms with Crippen LogP contribution in [0.15, 0.2) is 16.5 Å². The molecule has 1 heterocycles. The number of fused-ring (bicyclic) bond motifs is 1. The number of hydrogen-bond donors (Lipinski definition) is 1. The van der Waals surface area contributed by atoms with Crippen molar-refractivity contribution in [2.45, 2.75) is 39.2 Å². The van der Waals surface area contributed by atoms with E-state index in [-0.39, 0.29) is 23.5 Å². The van der Waals surface area contributed by atoms with Crippen molar-refractivity contribution in [3.63, 3.8) is 0 Å². The molecule has 0 fully saturated rings. The molecular weight excluding hydrogens is 362 g/mol. The van der Waals surface area contributed by atoms with Crippen molar-refractivity contribution >= 4 is 11.7 Å². The first-order valence-electron chi connectivity index (χ1n) is 9.17. The average Bonchev–Trinajstić information content (AvgIpc) is 3.04. The largest absolute Gasteiger partial charge is 0.493 e. The lowest BCUT2D eigenvalue weighted by atomic mass is 9.94. The molecule has 1 amide bonds. The van der Waals surface area contributed by atoms with Crippen LogP contribution in [0.1, 0.15) is 63.6 Å². The fourth-order valence-corrected chi connectivity index (χ4v) is 3.56. The van der Waals surface area contributed by atoms with E-state index in [9.17, 15) is 9.59 Å². The van der Waals surface area contributed by atoms with E-state index in [1.807, 2.05) is 6.92 Å². The van der Waals surface area contributed by atoms with Gasteiger partial charge in [-0.25, -0.2) is 0 Å². The van der Waals surface area contributed by atoms with Crippen LogP contribution < -0.4 is 19.5 Å². The second-order valence-electron chi connectivity index (χ2n) is 6.78. The number of ketones is 1. The number of aryl methyl sites for hydroxylation is 1. The average molecular weight is 387 g/mol. The number of ether oxygens (including phenoxy) is 3. The molecule has 1 aliphatic rings. The minimum Gasteiger partial charge on any atom is -0.493 e. The first kappa shape index (κ1) is 19.8. The second-order valence-corrected chi connectivity index (χ2v) is 6.78. The number of furan rings is 1. The summed E-state index contributed by atoms with van der Waals surface area (Å²) < 4.78 is 21.8. The standard InChI is InChI=1S/C21H25NO6/c1-11-18-14(23)7-6-8-15(18)28-19(11)21(24)22-12(2)13-9-16(25-3)20(27-5)17(10-13)26-4/h9-10,12H,6-8H2,1-5H3,(H,22,24)/t12-/m1/s1. The minimum absolute atomic E-state index is 0.0409. The summed E-state index contributed by atoms with van der Waals surface area (Å²) in [6.07, 6.45) is 1.93. The van der Waals surface area contributed by atoms with Crippen LogP contribution in [0.2, 0.25) is 0 Å². The summed E-state index contributed by atoms with van der Waals surface area (Å²) in [6.45, 7) is 3.60. The summed E-state index contributed by atoms with van der Waals surface area (Å²) in [5.74, 6) is 1.99. The third kappa shape index (κ3) is 3.44. The van der Waals surface area contributed by atoms with Crippen LogP contribution in [0.5, 0.6) is 17.2 Å². The molecule has 0 radical (unpaired) electrons. The van der Waals surface area contributed by atoms with Crippen LogP contribution in [-0.4, -0.2) is 33.0 Å². The fraction of sp³-hybridized carbons (Fsp3) is 0.429. The Balaban J connectivity index is 1.87. The van der Waals surface area contributed by atoms with Crippen molar-refractivity contribution < 1.29 is 28.2 Å². The molecule has 1 N–H and O–H groups in total. The predicted molar refractivity (Wildman–Crippen MR) is 103 cm³/mol. The van der Waals surface area contributed by atoms with Crippen LogP contribution in [0.25, 0.3) is 0 Å². The van der Waals surface area contributed by atoms with Gasteiger partial charge < -0.3 is 23.9 Å². The van der Waals surface area contributed by atoms with E-state index < -0.39 is 0 Å². The molecule has 1 aliphatic carbocycles. The van der Waals surface area contributed by atoms with Gasteiger partial charge in [0.1, 0.15) is 5.76 Å².